The van der Waals surface area contributed by atoms with Gasteiger partial charge in [0.25, 0.3) is 11.8 Å². The molecule has 5 rings (SSSR count). The number of anilines is 2. The molecule has 218 valence electrons. The van der Waals surface area contributed by atoms with E-state index in [1.807, 2.05) is 71.6 Å². The number of hydrogen-bond donors (Lipinski definition) is 2. The molecule has 0 atom stereocenters. The number of para-hydroxylation sites is 1. The standard InChI is InChI=1S/C36H35N3O3S/c1-25(2)27-19-17-26(18-20-27)22-32(38-35(41)29-11-4-3-5-12-29)36(42)37-30-14-8-15-31(23-30)43-24-34(40)39-21-9-13-28-10-6-7-16-33(28)39/h3-8,10-12,14-20,22-23,25H,9,13,21,24H2,1-2H3,(H,37,42)(H,38,41)/b32-22-. The second-order valence-corrected chi connectivity index (χ2v) is 11.8. The van der Waals surface area contributed by atoms with Gasteiger partial charge in [0.15, 0.2) is 0 Å². The van der Waals surface area contributed by atoms with Gasteiger partial charge in [-0.15, -0.1) is 11.8 Å². The third-order valence-corrected chi connectivity index (χ3v) is 8.29. The molecule has 1 aliphatic heterocycles. The molecule has 1 heterocycles. The van der Waals surface area contributed by atoms with E-state index in [-0.39, 0.29) is 23.3 Å². The van der Waals surface area contributed by atoms with Crippen LogP contribution in [0.5, 0.6) is 0 Å². The van der Waals surface area contributed by atoms with Gasteiger partial charge in [-0.05, 0) is 77.9 Å². The van der Waals surface area contributed by atoms with Crippen molar-refractivity contribution in [2.75, 3.05) is 22.5 Å². The maximum absolute atomic E-state index is 13.5. The van der Waals surface area contributed by atoms with Crippen LogP contribution in [0.4, 0.5) is 11.4 Å². The summed E-state index contributed by atoms with van der Waals surface area (Å²) in [5, 5.41) is 5.72. The Balaban J connectivity index is 1.29. The molecule has 0 saturated heterocycles. The van der Waals surface area contributed by atoms with E-state index >= 15 is 0 Å². The third-order valence-electron chi connectivity index (χ3n) is 7.31. The van der Waals surface area contributed by atoms with E-state index in [1.54, 1.807) is 36.4 Å². The smallest absolute Gasteiger partial charge is 0.272 e. The number of carbonyl (C=O) groups excluding carboxylic acids is 3. The summed E-state index contributed by atoms with van der Waals surface area (Å²) in [5.41, 5.74) is 5.34. The van der Waals surface area contributed by atoms with Crippen LogP contribution in [0.15, 0.2) is 114 Å². The molecular weight excluding hydrogens is 554 g/mol. The van der Waals surface area contributed by atoms with Crippen LogP contribution >= 0.6 is 11.8 Å². The Morgan fingerprint density at radius 1 is 0.884 bits per heavy atom. The second kappa shape index (κ2) is 14.0. The first-order chi connectivity index (χ1) is 20.9. The summed E-state index contributed by atoms with van der Waals surface area (Å²) in [6.07, 6.45) is 3.61. The Morgan fingerprint density at radius 3 is 2.40 bits per heavy atom. The second-order valence-electron chi connectivity index (χ2n) is 10.7. The molecule has 6 nitrogen and oxygen atoms in total. The first-order valence-electron chi connectivity index (χ1n) is 14.5. The van der Waals surface area contributed by atoms with Gasteiger partial charge in [-0.3, -0.25) is 14.4 Å². The van der Waals surface area contributed by atoms with Crippen molar-refractivity contribution >= 4 is 46.9 Å². The van der Waals surface area contributed by atoms with Crippen molar-refractivity contribution in [3.8, 4) is 0 Å². The van der Waals surface area contributed by atoms with Crippen molar-refractivity contribution in [2.24, 2.45) is 0 Å². The monoisotopic (exact) mass is 589 g/mol. The third kappa shape index (κ3) is 7.81. The van der Waals surface area contributed by atoms with Gasteiger partial charge in [0.2, 0.25) is 5.91 Å². The van der Waals surface area contributed by atoms with Gasteiger partial charge in [-0.1, -0.05) is 80.6 Å². The maximum Gasteiger partial charge on any atom is 0.272 e. The minimum Gasteiger partial charge on any atom is -0.321 e. The summed E-state index contributed by atoms with van der Waals surface area (Å²) in [6.45, 7) is 4.97. The molecule has 0 bridgehead atoms. The lowest BCUT2D eigenvalue weighted by Crippen LogP contribution is -2.36. The van der Waals surface area contributed by atoms with Gasteiger partial charge in [-0.25, -0.2) is 0 Å². The van der Waals surface area contributed by atoms with E-state index < -0.39 is 5.91 Å². The van der Waals surface area contributed by atoms with E-state index in [0.29, 0.717) is 17.2 Å². The van der Waals surface area contributed by atoms with Crippen molar-refractivity contribution in [3.63, 3.8) is 0 Å². The van der Waals surface area contributed by atoms with Crippen molar-refractivity contribution in [1.29, 1.82) is 0 Å². The Labute approximate surface area is 257 Å². The highest BCUT2D eigenvalue weighted by molar-refractivity contribution is 8.00. The molecule has 0 radical (unpaired) electrons. The predicted molar refractivity (Wildman–Crippen MR) is 175 cm³/mol. The highest BCUT2D eigenvalue weighted by Crippen LogP contribution is 2.29. The Hall–Kier alpha value is -4.62. The lowest BCUT2D eigenvalue weighted by Gasteiger charge is -2.29. The number of thioether (sulfide) groups is 1. The lowest BCUT2D eigenvalue weighted by atomic mass is 10.0. The Kier molecular flexibility index (Phi) is 9.74. The van der Waals surface area contributed by atoms with Gasteiger partial charge >= 0.3 is 0 Å². The van der Waals surface area contributed by atoms with Crippen molar-refractivity contribution < 1.29 is 14.4 Å². The molecule has 4 aromatic rings. The highest BCUT2D eigenvalue weighted by Gasteiger charge is 2.22. The molecular formula is C36H35N3O3S. The molecule has 0 spiro atoms. The van der Waals surface area contributed by atoms with Crippen molar-refractivity contribution in [3.05, 3.63) is 131 Å². The zero-order valence-corrected chi connectivity index (χ0v) is 25.2. The molecule has 0 aliphatic carbocycles. The van der Waals surface area contributed by atoms with Crippen LogP contribution in [-0.2, 0) is 16.0 Å². The quantitative estimate of drug-likeness (QED) is 0.159. The highest BCUT2D eigenvalue weighted by atomic mass is 32.2. The Bertz CT molecular complexity index is 1630. The number of rotatable bonds is 9. The van der Waals surface area contributed by atoms with Crippen LogP contribution < -0.4 is 15.5 Å². The van der Waals surface area contributed by atoms with Crippen LogP contribution in [0.1, 0.15) is 53.2 Å². The summed E-state index contributed by atoms with van der Waals surface area (Å²) < 4.78 is 0. The van der Waals surface area contributed by atoms with E-state index in [4.69, 9.17) is 0 Å². The van der Waals surface area contributed by atoms with Gasteiger partial charge in [-0.2, -0.15) is 0 Å². The zero-order chi connectivity index (χ0) is 30.2. The number of carbonyl (C=O) groups is 3. The summed E-state index contributed by atoms with van der Waals surface area (Å²) in [6, 6.07) is 32.2. The zero-order valence-electron chi connectivity index (χ0n) is 24.4. The molecule has 0 aromatic heterocycles. The van der Waals surface area contributed by atoms with Gasteiger partial charge in [0.1, 0.15) is 5.70 Å². The molecule has 1 aliphatic rings. The summed E-state index contributed by atoms with van der Waals surface area (Å²) in [5.74, 6) is -0.0852. The number of nitrogens with zero attached hydrogens (tertiary/aromatic N) is 1. The average Bonchev–Trinajstić information content (AvgIpc) is 3.03. The molecule has 7 heteroatoms. The number of amides is 3. The van der Waals surface area contributed by atoms with Gasteiger partial charge in [0.05, 0.1) is 5.75 Å². The minimum atomic E-state index is -0.444. The molecule has 3 amide bonds. The average molecular weight is 590 g/mol. The largest absolute Gasteiger partial charge is 0.321 e. The molecule has 2 N–H and O–H groups in total. The fraction of sp³-hybridized carbons (Fsp3) is 0.194. The van der Waals surface area contributed by atoms with E-state index in [0.717, 1.165) is 35.5 Å². The SMILES string of the molecule is CC(C)c1ccc(/C=C(\NC(=O)c2ccccc2)C(=O)Nc2cccc(SCC(=O)N3CCCc4ccccc43)c2)cc1. The van der Waals surface area contributed by atoms with Crippen molar-refractivity contribution in [1.82, 2.24) is 5.32 Å². The summed E-state index contributed by atoms with van der Waals surface area (Å²) in [7, 11) is 0. The number of hydrogen-bond acceptors (Lipinski definition) is 4. The normalized spacial score (nSPS) is 12.9. The van der Waals surface area contributed by atoms with E-state index in [2.05, 4.69) is 30.5 Å². The molecule has 0 fully saturated rings. The summed E-state index contributed by atoms with van der Waals surface area (Å²) in [4.78, 5) is 42.3. The van der Waals surface area contributed by atoms with Gasteiger partial charge < -0.3 is 15.5 Å². The fourth-order valence-electron chi connectivity index (χ4n) is 4.96. The molecule has 4 aromatic carbocycles. The number of nitrogens with one attached hydrogen (secondary N) is 2. The first kappa shape index (κ1) is 29.9. The van der Waals surface area contributed by atoms with Crippen LogP contribution in [0.2, 0.25) is 0 Å². The summed E-state index contributed by atoms with van der Waals surface area (Å²) >= 11 is 1.43. The van der Waals surface area contributed by atoms with Crippen LogP contribution in [0.25, 0.3) is 6.08 Å². The number of aryl methyl sites for hydroxylation is 1. The Morgan fingerprint density at radius 2 is 1.63 bits per heavy atom. The minimum absolute atomic E-state index is 0.0592. The molecule has 0 saturated carbocycles. The van der Waals surface area contributed by atoms with Crippen LogP contribution in [0, 0.1) is 0 Å². The van der Waals surface area contributed by atoms with Crippen LogP contribution in [-0.4, -0.2) is 30.0 Å². The molecule has 43 heavy (non-hydrogen) atoms. The lowest BCUT2D eigenvalue weighted by molar-refractivity contribution is -0.116. The van der Waals surface area contributed by atoms with Crippen molar-refractivity contribution in [2.45, 2.75) is 37.5 Å². The number of fused-ring (bicyclic) bond motifs is 1. The topological polar surface area (TPSA) is 78.5 Å². The van der Waals surface area contributed by atoms with Gasteiger partial charge in [0, 0.05) is 28.4 Å². The van der Waals surface area contributed by atoms with E-state index in [1.165, 1.54) is 22.9 Å². The predicted octanol–water partition coefficient (Wildman–Crippen LogP) is 7.29. The first-order valence-corrected chi connectivity index (χ1v) is 15.5. The maximum atomic E-state index is 13.5. The van der Waals surface area contributed by atoms with E-state index in [9.17, 15) is 14.4 Å². The molecule has 0 unspecified atom stereocenters. The number of benzene rings is 4. The van der Waals surface area contributed by atoms with Crippen LogP contribution in [0.3, 0.4) is 0 Å². The fourth-order valence-corrected chi connectivity index (χ4v) is 5.80.